The average Bonchev–Trinajstić information content (AvgIpc) is 3.15. The minimum Gasteiger partial charge on any atom is -0.465 e. The molecule has 2 aromatic heterocycles. The third kappa shape index (κ3) is 5.56. The second-order valence-corrected chi connectivity index (χ2v) is 9.26. The number of thioether (sulfide) groups is 1. The molecule has 2 heterocycles. The molecule has 0 unspecified atom stereocenters. The zero-order chi connectivity index (χ0) is 23.3. The molecule has 0 aliphatic rings. The summed E-state index contributed by atoms with van der Waals surface area (Å²) < 4.78 is 6.51. The number of hydrogen-bond acceptors (Lipinski definition) is 8. The Hall–Kier alpha value is -3.14. The van der Waals surface area contributed by atoms with E-state index < -0.39 is 5.97 Å². The second kappa shape index (κ2) is 10.4. The van der Waals surface area contributed by atoms with Crippen molar-refractivity contribution in [2.24, 2.45) is 0 Å². The Bertz CT molecular complexity index is 1110. The number of fused-ring (bicyclic) bond motifs is 1. The highest BCUT2D eigenvalue weighted by molar-refractivity contribution is 7.99. The lowest BCUT2D eigenvalue weighted by molar-refractivity contribution is 0.0596. The molecule has 0 radical (unpaired) electrons. The smallest absolute Gasteiger partial charge is 0.338 e. The first-order chi connectivity index (χ1) is 15.3. The Morgan fingerprint density at radius 3 is 2.50 bits per heavy atom. The molecule has 0 saturated heterocycles. The third-order valence-corrected chi connectivity index (χ3v) is 5.29. The van der Waals surface area contributed by atoms with E-state index in [0.29, 0.717) is 29.1 Å². The molecule has 0 aliphatic heterocycles. The van der Waals surface area contributed by atoms with Gasteiger partial charge in [0.25, 0.3) is 5.91 Å². The number of nitrogens with one attached hydrogen (secondary N) is 2. The molecule has 9 nitrogen and oxygen atoms in total. The maximum Gasteiger partial charge on any atom is 0.338 e. The summed E-state index contributed by atoms with van der Waals surface area (Å²) in [6.07, 6.45) is 1.73. The Balaban J connectivity index is 1.78. The molecule has 0 atom stereocenters. The number of hydrogen-bond donors (Lipinski definition) is 2. The van der Waals surface area contributed by atoms with Gasteiger partial charge in [-0.15, -0.1) is 0 Å². The molecule has 0 bridgehead atoms. The van der Waals surface area contributed by atoms with Crippen LogP contribution in [0.4, 0.5) is 5.82 Å². The zero-order valence-corrected chi connectivity index (χ0v) is 19.7. The van der Waals surface area contributed by atoms with E-state index in [1.807, 2.05) is 0 Å². The number of rotatable bonds is 9. The number of aromatic nitrogens is 4. The Morgan fingerprint density at radius 1 is 1.12 bits per heavy atom. The fourth-order valence-corrected chi connectivity index (χ4v) is 3.79. The van der Waals surface area contributed by atoms with Crippen LogP contribution in [0, 0.1) is 0 Å². The van der Waals surface area contributed by atoms with E-state index in [4.69, 9.17) is 4.74 Å². The first-order valence-corrected chi connectivity index (χ1v) is 11.3. The number of amides is 1. The van der Waals surface area contributed by atoms with Crippen LogP contribution in [0.25, 0.3) is 11.0 Å². The van der Waals surface area contributed by atoms with Gasteiger partial charge in [-0.1, -0.05) is 37.7 Å². The molecular formula is C22H28N6O3S. The van der Waals surface area contributed by atoms with Gasteiger partial charge in [0.2, 0.25) is 0 Å². The molecule has 1 amide bonds. The number of carbonyl (C=O) groups excluding carboxylic acids is 2. The summed E-state index contributed by atoms with van der Waals surface area (Å²) in [6.45, 7) is 9.01. The van der Waals surface area contributed by atoms with Crippen LogP contribution in [0.1, 0.15) is 48.4 Å². The van der Waals surface area contributed by atoms with Gasteiger partial charge < -0.3 is 15.4 Å². The van der Waals surface area contributed by atoms with E-state index in [1.165, 1.54) is 7.11 Å². The van der Waals surface area contributed by atoms with Crippen LogP contribution in [0.5, 0.6) is 0 Å². The first kappa shape index (κ1) is 23.5. The zero-order valence-electron chi connectivity index (χ0n) is 18.9. The summed E-state index contributed by atoms with van der Waals surface area (Å²) in [7, 11) is 1.29. The Morgan fingerprint density at radius 2 is 1.84 bits per heavy atom. The molecule has 10 heteroatoms. The maximum atomic E-state index is 12.6. The summed E-state index contributed by atoms with van der Waals surface area (Å²) in [5.74, 6) is -0.156. The first-order valence-electron chi connectivity index (χ1n) is 10.4. The quantitative estimate of drug-likeness (QED) is 0.286. The van der Waals surface area contributed by atoms with E-state index in [0.717, 1.165) is 11.2 Å². The lowest BCUT2D eigenvalue weighted by atomic mass is 10.1. The molecular weight excluding hydrogens is 428 g/mol. The highest BCUT2D eigenvalue weighted by Crippen LogP contribution is 2.26. The minimum absolute atomic E-state index is 0.211. The van der Waals surface area contributed by atoms with E-state index in [-0.39, 0.29) is 23.1 Å². The molecule has 1 aromatic carbocycles. The molecule has 3 aromatic rings. The van der Waals surface area contributed by atoms with Crippen molar-refractivity contribution in [2.45, 2.75) is 50.7 Å². The normalized spacial score (nSPS) is 11.2. The van der Waals surface area contributed by atoms with Crippen molar-refractivity contribution < 1.29 is 14.3 Å². The molecule has 0 aliphatic carbocycles. The van der Waals surface area contributed by atoms with Gasteiger partial charge in [-0.25, -0.2) is 19.4 Å². The molecule has 3 rings (SSSR count). The lowest BCUT2D eigenvalue weighted by Gasteiger charge is -2.13. The molecule has 0 spiro atoms. The van der Waals surface area contributed by atoms with Gasteiger partial charge in [0.1, 0.15) is 5.82 Å². The van der Waals surface area contributed by atoms with E-state index in [9.17, 15) is 9.59 Å². The predicted octanol–water partition coefficient (Wildman–Crippen LogP) is 3.36. The standard InChI is InChI=1S/C22H28N6O3S/c1-13(2)25-18-17-12-24-28(19(17)27-22(26-18)32-14(3)4)11-10-23-20(29)15-8-6-7-9-16(15)21(30)31-5/h6-9,12-14H,10-11H2,1-5H3,(H,23,29)(H,25,26,27). The van der Waals surface area contributed by atoms with Gasteiger partial charge in [0.05, 0.1) is 36.4 Å². The van der Waals surface area contributed by atoms with E-state index in [2.05, 4.69) is 53.4 Å². The van der Waals surface area contributed by atoms with Crippen molar-refractivity contribution in [1.29, 1.82) is 0 Å². The second-order valence-electron chi connectivity index (χ2n) is 7.72. The number of carbonyl (C=O) groups is 2. The minimum atomic E-state index is -0.550. The fourth-order valence-electron chi connectivity index (χ4n) is 3.09. The molecule has 2 N–H and O–H groups in total. The van der Waals surface area contributed by atoms with Gasteiger partial charge in [-0.3, -0.25) is 4.79 Å². The Labute approximate surface area is 191 Å². The van der Waals surface area contributed by atoms with Crippen molar-refractivity contribution in [3.05, 3.63) is 41.6 Å². The molecule has 0 fully saturated rings. The van der Waals surface area contributed by atoms with Crippen LogP contribution < -0.4 is 10.6 Å². The average molecular weight is 457 g/mol. The summed E-state index contributed by atoms with van der Waals surface area (Å²) >= 11 is 1.58. The van der Waals surface area contributed by atoms with E-state index in [1.54, 1.807) is 46.9 Å². The van der Waals surface area contributed by atoms with Crippen molar-refractivity contribution in [3.63, 3.8) is 0 Å². The maximum absolute atomic E-state index is 12.6. The molecule has 0 saturated carbocycles. The van der Waals surface area contributed by atoms with Gasteiger partial charge in [0.15, 0.2) is 10.8 Å². The van der Waals surface area contributed by atoms with Crippen LogP contribution in [0.15, 0.2) is 35.6 Å². The summed E-state index contributed by atoms with van der Waals surface area (Å²) in [5.41, 5.74) is 1.20. The van der Waals surface area contributed by atoms with Crippen LogP contribution in [-0.4, -0.2) is 56.6 Å². The van der Waals surface area contributed by atoms with Crippen molar-refractivity contribution >= 4 is 40.5 Å². The number of benzene rings is 1. The van der Waals surface area contributed by atoms with Crippen molar-refractivity contribution in [2.75, 3.05) is 19.0 Å². The van der Waals surface area contributed by atoms with Crippen molar-refractivity contribution in [3.8, 4) is 0 Å². The highest BCUT2D eigenvalue weighted by Gasteiger charge is 2.18. The largest absolute Gasteiger partial charge is 0.465 e. The van der Waals surface area contributed by atoms with E-state index >= 15 is 0 Å². The SMILES string of the molecule is COC(=O)c1ccccc1C(=O)NCCn1ncc2c(NC(C)C)nc(SC(C)C)nc21. The van der Waals surface area contributed by atoms with Crippen LogP contribution in [0.2, 0.25) is 0 Å². The Kier molecular flexibility index (Phi) is 7.68. The van der Waals surface area contributed by atoms with Crippen LogP contribution in [-0.2, 0) is 11.3 Å². The lowest BCUT2D eigenvalue weighted by Crippen LogP contribution is -2.29. The number of esters is 1. The highest BCUT2D eigenvalue weighted by atomic mass is 32.2. The summed E-state index contributed by atoms with van der Waals surface area (Å²) in [6, 6.07) is 6.76. The fraction of sp³-hybridized carbons (Fsp3) is 0.409. The number of anilines is 1. The van der Waals surface area contributed by atoms with Crippen molar-refractivity contribution in [1.82, 2.24) is 25.1 Å². The molecule has 32 heavy (non-hydrogen) atoms. The van der Waals surface area contributed by atoms with Gasteiger partial charge in [0, 0.05) is 17.8 Å². The topological polar surface area (TPSA) is 111 Å². The summed E-state index contributed by atoms with van der Waals surface area (Å²) in [4.78, 5) is 33.9. The number of methoxy groups -OCH3 is 1. The van der Waals surface area contributed by atoms with Crippen LogP contribution >= 0.6 is 11.8 Å². The van der Waals surface area contributed by atoms with Gasteiger partial charge in [-0.05, 0) is 26.0 Å². The van der Waals surface area contributed by atoms with Crippen LogP contribution in [0.3, 0.4) is 0 Å². The molecule has 170 valence electrons. The summed E-state index contributed by atoms with van der Waals surface area (Å²) in [5, 5.41) is 12.5. The third-order valence-electron chi connectivity index (χ3n) is 4.43. The number of ether oxygens (including phenoxy) is 1. The monoisotopic (exact) mass is 456 g/mol. The van der Waals surface area contributed by atoms with Gasteiger partial charge in [-0.2, -0.15) is 5.10 Å². The van der Waals surface area contributed by atoms with Gasteiger partial charge >= 0.3 is 5.97 Å². The predicted molar refractivity (Wildman–Crippen MR) is 125 cm³/mol. The number of nitrogens with zero attached hydrogens (tertiary/aromatic N) is 4.